The highest BCUT2D eigenvalue weighted by atomic mass is 16.7. The lowest BCUT2D eigenvalue weighted by Crippen LogP contribution is -2.53. The topological polar surface area (TPSA) is 88.1 Å². The highest BCUT2D eigenvalue weighted by Gasteiger charge is 2.45. The fraction of sp³-hybridized carbons (Fsp3) is 0.786. The minimum Gasteiger partial charge on any atom is -0.463 e. The zero-order valence-corrected chi connectivity index (χ0v) is 13.0. The van der Waals surface area contributed by atoms with Gasteiger partial charge in [-0.25, -0.2) is 0 Å². The summed E-state index contributed by atoms with van der Waals surface area (Å²) in [5.41, 5.74) is 0. The molecular weight excluding hydrogens is 280 g/mol. The van der Waals surface area contributed by atoms with Gasteiger partial charge >= 0.3 is 17.9 Å². The summed E-state index contributed by atoms with van der Waals surface area (Å²) in [6, 6.07) is 0. The molecule has 0 aromatic rings. The van der Waals surface area contributed by atoms with Gasteiger partial charge in [-0.05, 0) is 5.92 Å². The Labute approximate surface area is 123 Å². The zero-order chi connectivity index (χ0) is 16.2. The molecule has 7 heteroatoms. The maximum absolute atomic E-state index is 11.2. The van der Waals surface area contributed by atoms with Crippen LogP contribution in [0.1, 0.15) is 34.6 Å². The number of ether oxygens (including phenoxy) is 4. The molecule has 1 aliphatic rings. The van der Waals surface area contributed by atoms with Crippen LogP contribution in [0.2, 0.25) is 0 Å². The van der Waals surface area contributed by atoms with Crippen molar-refractivity contribution in [2.45, 2.75) is 53.1 Å². The van der Waals surface area contributed by atoms with Crippen LogP contribution in [0.3, 0.4) is 0 Å². The molecule has 0 saturated carbocycles. The number of hydrogen-bond donors (Lipinski definition) is 0. The minimum absolute atomic E-state index is 0.0412. The van der Waals surface area contributed by atoms with Gasteiger partial charge in [-0.2, -0.15) is 0 Å². The maximum atomic E-state index is 11.2. The van der Waals surface area contributed by atoms with Crippen molar-refractivity contribution >= 4 is 17.9 Å². The second-order valence-electron chi connectivity index (χ2n) is 5.25. The average Bonchev–Trinajstić information content (AvgIpc) is 2.35. The largest absolute Gasteiger partial charge is 0.463 e. The van der Waals surface area contributed by atoms with Crippen LogP contribution in [0.4, 0.5) is 0 Å². The number of esters is 3. The summed E-state index contributed by atoms with van der Waals surface area (Å²) in [4.78, 5) is 33.3. The third kappa shape index (κ3) is 5.00. The molecule has 0 aliphatic carbocycles. The van der Waals surface area contributed by atoms with E-state index in [0.717, 1.165) is 0 Å². The van der Waals surface area contributed by atoms with Gasteiger partial charge in [0.2, 0.25) is 6.29 Å². The van der Waals surface area contributed by atoms with Gasteiger partial charge < -0.3 is 18.9 Å². The third-order valence-electron chi connectivity index (χ3n) is 3.55. The Kier molecular flexibility index (Phi) is 6.14. The number of carbonyl (C=O) groups is 3. The SMILES string of the molecule is CC(=O)OCC1OC(OC(C)=O)C(OC(C)=O)[C@@H](C)[C@H]1C. The van der Waals surface area contributed by atoms with Gasteiger partial charge in [0.1, 0.15) is 6.61 Å². The van der Waals surface area contributed by atoms with E-state index in [9.17, 15) is 14.4 Å². The first-order valence-corrected chi connectivity index (χ1v) is 6.85. The van der Waals surface area contributed by atoms with Crippen molar-refractivity contribution in [3.8, 4) is 0 Å². The van der Waals surface area contributed by atoms with Crippen LogP contribution in [0.15, 0.2) is 0 Å². The molecule has 1 aliphatic heterocycles. The molecule has 0 radical (unpaired) electrons. The predicted molar refractivity (Wildman–Crippen MR) is 70.9 cm³/mol. The second-order valence-corrected chi connectivity index (χ2v) is 5.25. The van der Waals surface area contributed by atoms with E-state index < -0.39 is 36.4 Å². The van der Waals surface area contributed by atoms with Crippen molar-refractivity contribution < 1.29 is 33.3 Å². The summed E-state index contributed by atoms with van der Waals surface area (Å²) < 4.78 is 20.9. The van der Waals surface area contributed by atoms with Crippen LogP contribution in [0, 0.1) is 11.8 Å². The van der Waals surface area contributed by atoms with Gasteiger partial charge in [0.25, 0.3) is 0 Å². The molecule has 1 fully saturated rings. The van der Waals surface area contributed by atoms with Gasteiger partial charge in [-0.1, -0.05) is 13.8 Å². The summed E-state index contributed by atoms with van der Waals surface area (Å²) in [5, 5.41) is 0. The molecule has 120 valence electrons. The first-order valence-electron chi connectivity index (χ1n) is 6.85. The lowest BCUT2D eigenvalue weighted by Gasteiger charge is -2.42. The van der Waals surface area contributed by atoms with Crippen LogP contribution in [0.25, 0.3) is 0 Å². The number of carbonyl (C=O) groups excluding carboxylic acids is 3. The Bertz CT molecular complexity index is 404. The molecule has 21 heavy (non-hydrogen) atoms. The van der Waals surface area contributed by atoms with Crippen LogP contribution in [0.5, 0.6) is 0 Å². The molecule has 0 aromatic heterocycles. The molecule has 0 spiro atoms. The summed E-state index contributed by atoms with van der Waals surface area (Å²) in [6.07, 6.45) is -2.12. The maximum Gasteiger partial charge on any atom is 0.305 e. The molecule has 1 heterocycles. The molecule has 5 atom stereocenters. The van der Waals surface area contributed by atoms with E-state index in [0.29, 0.717) is 0 Å². The van der Waals surface area contributed by atoms with E-state index in [-0.39, 0.29) is 18.4 Å². The Morgan fingerprint density at radius 3 is 1.95 bits per heavy atom. The Hall–Kier alpha value is -1.63. The van der Waals surface area contributed by atoms with Gasteiger partial charge in [-0.3, -0.25) is 14.4 Å². The van der Waals surface area contributed by atoms with E-state index in [1.54, 1.807) is 0 Å². The van der Waals surface area contributed by atoms with Crippen molar-refractivity contribution in [2.75, 3.05) is 6.61 Å². The Morgan fingerprint density at radius 1 is 0.905 bits per heavy atom. The number of rotatable bonds is 4. The fourth-order valence-corrected chi connectivity index (χ4v) is 2.26. The van der Waals surface area contributed by atoms with Gasteiger partial charge in [-0.15, -0.1) is 0 Å². The first-order chi connectivity index (χ1) is 9.72. The van der Waals surface area contributed by atoms with Crippen molar-refractivity contribution in [1.82, 2.24) is 0 Å². The van der Waals surface area contributed by atoms with Gasteiger partial charge in [0.15, 0.2) is 6.10 Å². The Morgan fingerprint density at radius 2 is 1.48 bits per heavy atom. The summed E-state index contributed by atoms with van der Waals surface area (Å²) in [6.45, 7) is 7.68. The molecule has 0 N–H and O–H groups in total. The molecular formula is C14H22O7. The zero-order valence-electron chi connectivity index (χ0n) is 13.0. The molecule has 1 saturated heterocycles. The molecule has 0 aromatic carbocycles. The van der Waals surface area contributed by atoms with E-state index in [2.05, 4.69) is 0 Å². The van der Waals surface area contributed by atoms with E-state index >= 15 is 0 Å². The highest BCUT2D eigenvalue weighted by Crippen LogP contribution is 2.33. The van der Waals surface area contributed by atoms with Gasteiger partial charge in [0, 0.05) is 26.7 Å². The number of hydrogen-bond acceptors (Lipinski definition) is 7. The minimum atomic E-state index is -1.00. The highest BCUT2D eigenvalue weighted by molar-refractivity contribution is 5.67. The van der Waals surface area contributed by atoms with Gasteiger partial charge in [0.05, 0.1) is 6.10 Å². The quantitative estimate of drug-likeness (QED) is 0.566. The van der Waals surface area contributed by atoms with Crippen LogP contribution >= 0.6 is 0 Å². The van der Waals surface area contributed by atoms with Crippen molar-refractivity contribution in [3.63, 3.8) is 0 Å². The van der Waals surface area contributed by atoms with Crippen LogP contribution in [-0.2, 0) is 33.3 Å². The summed E-state index contributed by atoms with van der Waals surface area (Å²) in [5.74, 6) is -1.58. The summed E-state index contributed by atoms with van der Waals surface area (Å²) in [7, 11) is 0. The normalized spacial score (nSPS) is 32.1. The van der Waals surface area contributed by atoms with E-state index in [1.165, 1.54) is 20.8 Å². The standard InChI is InChI=1S/C14H22O7/c1-7-8(2)13(19-10(4)16)14(20-11(5)17)21-12(7)6-18-9(3)15/h7-8,12-14H,6H2,1-5H3/t7-,8+,12?,13?,14?/m1/s1. The molecule has 1 rings (SSSR count). The van der Waals surface area contributed by atoms with E-state index in [4.69, 9.17) is 18.9 Å². The average molecular weight is 302 g/mol. The lowest BCUT2D eigenvalue weighted by molar-refractivity contribution is -0.271. The van der Waals surface area contributed by atoms with Crippen molar-refractivity contribution in [3.05, 3.63) is 0 Å². The molecule has 3 unspecified atom stereocenters. The van der Waals surface area contributed by atoms with Crippen molar-refractivity contribution in [1.29, 1.82) is 0 Å². The fourth-order valence-electron chi connectivity index (χ4n) is 2.26. The summed E-state index contributed by atoms with van der Waals surface area (Å²) >= 11 is 0. The second kappa shape index (κ2) is 7.40. The van der Waals surface area contributed by atoms with Crippen LogP contribution < -0.4 is 0 Å². The molecule has 0 bridgehead atoms. The van der Waals surface area contributed by atoms with Crippen LogP contribution in [-0.4, -0.2) is 43.0 Å². The predicted octanol–water partition coefficient (Wildman–Crippen LogP) is 1.04. The monoisotopic (exact) mass is 302 g/mol. The van der Waals surface area contributed by atoms with E-state index in [1.807, 2.05) is 13.8 Å². The first kappa shape index (κ1) is 17.4. The Balaban J connectivity index is 2.84. The van der Waals surface area contributed by atoms with Crippen molar-refractivity contribution in [2.24, 2.45) is 11.8 Å². The molecule has 0 amide bonds. The smallest absolute Gasteiger partial charge is 0.305 e. The molecule has 7 nitrogen and oxygen atoms in total. The lowest BCUT2D eigenvalue weighted by atomic mass is 9.83. The third-order valence-corrected chi connectivity index (χ3v) is 3.55.